The van der Waals surface area contributed by atoms with Gasteiger partial charge in [0.15, 0.2) is 11.6 Å². The zero-order chi connectivity index (χ0) is 16.2. The Labute approximate surface area is 138 Å². The zero-order valence-corrected chi connectivity index (χ0v) is 13.6. The van der Waals surface area contributed by atoms with Gasteiger partial charge in [0.1, 0.15) is 11.5 Å². The topological polar surface area (TPSA) is 68.3 Å². The van der Waals surface area contributed by atoms with E-state index in [2.05, 4.69) is 41.7 Å². The molecule has 1 aromatic carbocycles. The van der Waals surface area contributed by atoms with Gasteiger partial charge in [-0.3, -0.25) is 4.79 Å². The Morgan fingerprint density at radius 1 is 1.17 bits per heavy atom. The average molecular weight is 328 g/mol. The standard InChI is InChI=1S/C17H16N2O3S/c1-11-3-6-14(7-4-11)23-10-13-5-8-15(21-13)17(20)18-16-9-12(2)22-19-16/h3-9H,10H2,1-2H3,(H,18,19,20). The number of aryl methyl sites for hydroxylation is 2. The van der Waals surface area contributed by atoms with Crippen LogP contribution in [-0.2, 0) is 5.75 Å². The van der Waals surface area contributed by atoms with Gasteiger partial charge >= 0.3 is 0 Å². The number of hydrogen-bond acceptors (Lipinski definition) is 5. The normalized spacial score (nSPS) is 10.7. The second-order valence-electron chi connectivity index (χ2n) is 5.14. The largest absolute Gasteiger partial charge is 0.455 e. The van der Waals surface area contributed by atoms with E-state index in [-0.39, 0.29) is 11.7 Å². The molecule has 0 spiro atoms. The predicted octanol–water partition coefficient (Wildman–Crippen LogP) is 4.43. The first kappa shape index (κ1) is 15.4. The monoisotopic (exact) mass is 328 g/mol. The Kier molecular flexibility index (Phi) is 4.52. The van der Waals surface area contributed by atoms with Crippen molar-refractivity contribution >= 4 is 23.5 Å². The third kappa shape index (κ3) is 4.04. The van der Waals surface area contributed by atoms with E-state index in [1.54, 1.807) is 30.8 Å². The molecule has 3 rings (SSSR count). The van der Waals surface area contributed by atoms with Crippen molar-refractivity contribution < 1.29 is 13.7 Å². The molecule has 0 bridgehead atoms. The van der Waals surface area contributed by atoms with E-state index < -0.39 is 0 Å². The summed E-state index contributed by atoms with van der Waals surface area (Å²) in [6.07, 6.45) is 0. The van der Waals surface area contributed by atoms with Crippen molar-refractivity contribution in [2.24, 2.45) is 0 Å². The fourth-order valence-electron chi connectivity index (χ4n) is 1.97. The molecule has 0 saturated carbocycles. The highest BCUT2D eigenvalue weighted by Crippen LogP contribution is 2.24. The van der Waals surface area contributed by atoms with E-state index in [9.17, 15) is 4.79 Å². The van der Waals surface area contributed by atoms with Crippen LogP contribution >= 0.6 is 11.8 Å². The van der Waals surface area contributed by atoms with Crippen LogP contribution in [0.3, 0.4) is 0 Å². The summed E-state index contributed by atoms with van der Waals surface area (Å²) >= 11 is 1.66. The number of rotatable bonds is 5. The quantitative estimate of drug-likeness (QED) is 0.702. The highest BCUT2D eigenvalue weighted by Gasteiger charge is 2.13. The van der Waals surface area contributed by atoms with Crippen molar-refractivity contribution in [3.05, 3.63) is 65.3 Å². The Morgan fingerprint density at radius 3 is 2.65 bits per heavy atom. The number of amides is 1. The maximum absolute atomic E-state index is 12.1. The summed E-state index contributed by atoms with van der Waals surface area (Å²) in [5, 5.41) is 6.35. The number of hydrogen-bond donors (Lipinski definition) is 1. The minimum absolute atomic E-state index is 0.255. The van der Waals surface area contributed by atoms with E-state index >= 15 is 0 Å². The molecule has 0 aliphatic heterocycles. The van der Waals surface area contributed by atoms with Crippen molar-refractivity contribution in [2.75, 3.05) is 5.32 Å². The van der Waals surface area contributed by atoms with Gasteiger partial charge in [-0.2, -0.15) is 0 Å². The summed E-state index contributed by atoms with van der Waals surface area (Å²) in [5.41, 5.74) is 1.23. The van der Waals surface area contributed by atoms with Gasteiger partial charge < -0.3 is 14.3 Å². The van der Waals surface area contributed by atoms with E-state index in [1.165, 1.54) is 5.56 Å². The first-order valence-corrected chi connectivity index (χ1v) is 8.11. The number of anilines is 1. The number of furan rings is 1. The zero-order valence-electron chi connectivity index (χ0n) is 12.8. The first-order valence-electron chi connectivity index (χ1n) is 7.13. The number of aromatic nitrogens is 1. The smallest absolute Gasteiger partial charge is 0.292 e. The van der Waals surface area contributed by atoms with Gasteiger partial charge in [0.25, 0.3) is 5.91 Å². The Balaban J connectivity index is 1.59. The maximum Gasteiger partial charge on any atom is 0.292 e. The summed E-state index contributed by atoms with van der Waals surface area (Å²) < 4.78 is 10.5. The first-order chi connectivity index (χ1) is 11.1. The molecule has 2 heterocycles. The summed E-state index contributed by atoms with van der Waals surface area (Å²) in [5.74, 6) is 2.33. The Bertz CT molecular complexity index is 805. The lowest BCUT2D eigenvalue weighted by Crippen LogP contribution is -2.10. The molecule has 6 heteroatoms. The van der Waals surface area contributed by atoms with Gasteiger partial charge in [-0.05, 0) is 38.1 Å². The molecule has 118 valence electrons. The highest BCUT2D eigenvalue weighted by atomic mass is 32.2. The van der Waals surface area contributed by atoms with Crippen LogP contribution in [0.1, 0.15) is 27.6 Å². The van der Waals surface area contributed by atoms with Crippen molar-refractivity contribution in [3.8, 4) is 0 Å². The third-order valence-electron chi connectivity index (χ3n) is 3.16. The molecular weight excluding hydrogens is 312 g/mol. The fraction of sp³-hybridized carbons (Fsp3) is 0.176. The maximum atomic E-state index is 12.1. The van der Waals surface area contributed by atoms with Crippen LogP contribution < -0.4 is 5.32 Å². The average Bonchev–Trinajstić information content (AvgIpc) is 3.16. The summed E-state index contributed by atoms with van der Waals surface area (Å²) in [4.78, 5) is 13.2. The minimum atomic E-state index is -0.343. The molecule has 0 aliphatic carbocycles. The molecule has 3 aromatic rings. The van der Waals surface area contributed by atoms with E-state index in [1.807, 2.05) is 6.07 Å². The van der Waals surface area contributed by atoms with Gasteiger partial charge in [-0.1, -0.05) is 22.9 Å². The van der Waals surface area contributed by atoms with Gasteiger partial charge in [0.05, 0.1) is 5.75 Å². The molecular formula is C17H16N2O3S. The number of nitrogens with one attached hydrogen (secondary N) is 1. The molecule has 0 saturated heterocycles. The lowest BCUT2D eigenvalue weighted by atomic mass is 10.2. The number of carbonyl (C=O) groups is 1. The van der Waals surface area contributed by atoms with E-state index in [0.29, 0.717) is 17.3 Å². The second-order valence-corrected chi connectivity index (χ2v) is 6.19. The summed E-state index contributed by atoms with van der Waals surface area (Å²) in [6.45, 7) is 3.82. The van der Waals surface area contributed by atoms with Crippen LogP contribution in [0.15, 0.2) is 56.3 Å². The van der Waals surface area contributed by atoms with Gasteiger partial charge in [0.2, 0.25) is 0 Å². The van der Waals surface area contributed by atoms with Crippen molar-refractivity contribution in [1.82, 2.24) is 5.16 Å². The lowest BCUT2D eigenvalue weighted by Gasteiger charge is -2.00. The minimum Gasteiger partial charge on any atom is -0.455 e. The molecule has 1 N–H and O–H groups in total. The summed E-state index contributed by atoms with van der Waals surface area (Å²) in [6, 6.07) is 13.4. The molecule has 0 fully saturated rings. The Morgan fingerprint density at radius 2 is 1.96 bits per heavy atom. The molecule has 0 radical (unpaired) electrons. The van der Waals surface area contributed by atoms with E-state index in [0.717, 1.165) is 10.7 Å². The van der Waals surface area contributed by atoms with Crippen molar-refractivity contribution in [2.45, 2.75) is 24.5 Å². The van der Waals surface area contributed by atoms with Crippen molar-refractivity contribution in [1.29, 1.82) is 0 Å². The number of nitrogens with zero attached hydrogens (tertiary/aromatic N) is 1. The number of thioether (sulfide) groups is 1. The summed E-state index contributed by atoms with van der Waals surface area (Å²) in [7, 11) is 0. The fourth-order valence-corrected chi connectivity index (χ4v) is 2.76. The van der Waals surface area contributed by atoms with Crippen LogP contribution in [0.5, 0.6) is 0 Å². The van der Waals surface area contributed by atoms with Crippen LogP contribution in [0.25, 0.3) is 0 Å². The molecule has 0 unspecified atom stereocenters. The molecule has 1 amide bonds. The SMILES string of the molecule is Cc1ccc(SCc2ccc(C(=O)Nc3cc(C)on3)o2)cc1. The second kappa shape index (κ2) is 6.75. The van der Waals surface area contributed by atoms with Crippen molar-refractivity contribution in [3.63, 3.8) is 0 Å². The van der Waals surface area contributed by atoms with E-state index in [4.69, 9.17) is 8.94 Å². The van der Waals surface area contributed by atoms with Crippen LogP contribution in [0.2, 0.25) is 0 Å². The lowest BCUT2D eigenvalue weighted by molar-refractivity contribution is 0.0994. The van der Waals surface area contributed by atoms with Gasteiger partial charge in [-0.25, -0.2) is 0 Å². The third-order valence-corrected chi connectivity index (χ3v) is 4.19. The van der Waals surface area contributed by atoms with Gasteiger partial charge in [0, 0.05) is 11.0 Å². The molecule has 23 heavy (non-hydrogen) atoms. The number of benzene rings is 1. The molecule has 0 aliphatic rings. The van der Waals surface area contributed by atoms with Crippen LogP contribution in [0, 0.1) is 13.8 Å². The van der Waals surface area contributed by atoms with Crippen LogP contribution in [-0.4, -0.2) is 11.1 Å². The molecule has 2 aromatic heterocycles. The van der Waals surface area contributed by atoms with Gasteiger partial charge in [-0.15, -0.1) is 11.8 Å². The predicted molar refractivity (Wildman–Crippen MR) is 88.6 cm³/mol. The Hall–Kier alpha value is -2.47. The highest BCUT2D eigenvalue weighted by molar-refractivity contribution is 7.98. The molecule has 5 nitrogen and oxygen atoms in total. The number of carbonyl (C=O) groups excluding carboxylic acids is 1. The molecule has 0 atom stereocenters. The van der Waals surface area contributed by atoms with Crippen LogP contribution in [0.4, 0.5) is 5.82 Å².